The monoisotopic (exact) mass is 167 g/mol. The largest absolute Gasteiger partial charge is 0.387 e. The Bertz CT molecular complexity index is 220. The molecule has 1 atom stereocenters. The van der Waals surface area contributed by atoms with Crippen LogP contribution in [0.1, 0.15) is 39.0 Å². The minimum atomic E-state index is -0.361. The van der Waals surface area contributed by atoms with Crippen LogP contribution in [0.25, 0.3) is 0 Å². The van der Waals surface area contributed by atoms with Crippen LogP contribution in [0.3, 0.4) is 0 Å². The minimum Gasteiger partial charge on any atom is -0.387 e. The van der Waals surface area contributed by atoms with E-state index in [0.717, 1.165) is 12.1 Å². The second kappa shape index (κ2) is 3.31. The molecule has 12 heavy (non-hydrogen) atoms. The van der Waals surface area contributed by atoms with Crippen molar-refractivity contribution in [2.45, 2.75) is 33.3 Å². The first-order chi connectivity index (χ1) is 5.49. The molecule has 0 aliphatic heterocycles. The van der Waals surface area contributed by atoms with Crippen LogP contribution in [0.2, 0.25) is 0 Å². The summed E-state index contributed by atoms with van der Waals surface area (Å²) in [5, 5.41) is 9.71. The van der Waals surface area contributed by atoms with Crippen molar-refractivity contribution in [2.24, 2.45) is 5.41 Å². The van der Waals surface area contributed by atoms with Crippen molar-refractivity contribution in [1.82, 2.24) is 4.98 Å². The summed E-state index contributed by atoms with van der Waals surface area (Å²) < 4.78 is 0. The minimum absolute atomic E-state index is 0.171. The van der Waals surface area contributed by atoms with Crippen molar-refractivity contribution in [1.29, 1.82) is 0 Å². The molecule has 0 fully saturated rings. The van der Waals surface area contributed by atoms with E-state index in [1.54, 1.807) is 0 Å². The summed E-state index contributed by atoms with van der Waals surface area (Å²) in [5.74, 6) is 0. The van der Waals surface area contributed by atoms with E-state index in [-0.39, 0.29) is 11.5 Å². The van der Waals surface area contributed by atoms with Crippen molar-refractivity contribution < 1.29 is 5.11 Å². The van der Waals surface area contributed by atoms with E-state index in [9.17, 15) is 5.11 Å². The molecule has 1 unspecified atom stereocenters. The average molecular weight is 167 g/mol. The first kappa shape index (κ1) is 9.33. The van der Waals surface area contributed by atoms with Gasteiger partial charge in [0, 0.05) is 11.9 Å². The van der Waals surface area contributed by atoms with E-state index in [0.29, 0.717) is 0 Å². The first-order valence-electron chi connectivity index (χ1n) is 4.30. The van der Waals surface area contributed by atoms with Gasteiger partial charge in [-0.05, 0) is 24.0 Å². The summed E-state index contributed by atoms with van der Waals surface area (Å²) in [4.78, 5) is 3.01. The van der Waals surface area contributed by atoms with Gasteiger partial charge >= 0.3 is 0 Å². The second-order valence-corrected chi connectivity index (χ2v) is 4.41. The molecule has 0 amide bonds. The molecule has 2 heteroatoms. The number of H-pyrrole nitrogens is 1. The fourth-order valence-corrected chi connectivity index (χ4v) is 1.24. The van der Waals surface area contributed by atoms with E-state index in [2.05, 4.69) is 25.8 Å². The number of nitrogens with one attached hydrogen (secondary N) is 1. The van der Waals surface area contributed by atoms with Crippen LogP contribution in [0.4, 0.5) is 0 Å². The molecule has 0 aliphatic carbocycles. The first-order valence-corrected chi connectivity index (χ1v) is 4.30. The number of hydrogen-bond acceptors (Lipinski definition) is 1. The molecule has 0 aromatic carbocycles. The molecule has 2 N–H and O–H groups in total. The Kier molecular flexibility index (Phi) is 2.58. The van der Waals surface area contributed by atoms with Gasteiger partial charge < -0.3 is 10.1 Å². The summed E-state index contributed by atoms with van der Waals surface area (Å²) in [6.45, 7) is 6.37. The third-order valence-electron chi connectivity index (χ3n) is 1.79. The van der Waals surface area contributed by atoms with Gasteiger partial charge in [0.15, 0.2) is 0 Å². The molecule has 0 saturated carbocycles. The number of hydrogen-bond donors (Lipinski definition) is 2. The van der Waals surface area contributed by atoms with Crippen LogP contribution in [0, 0.1) is 5.41 Å². The summed E-state index contributed by atoms with van der Waals surface area (Å²) in [6, 6.07) is 3.82. The van der Waals surface area contributed by atoms with E-state index in [4.69, 9.17) is 0 Å². The van der Waals surface area contributed by atoms with Gasteiger partial charge in [0.25, 0.3) is 0 Å². The fourth-order valence-electron chi connectivity index (χ4n) is 1.24. The molecule has 68 valence electrons. The Hall–Kier alpha value is -0.760. The van der Waals surface area contributed by atoms with Crippen LogP contribution < -0.4 is 0 Å². The normalized spacial score (nSPS) is 14.7. The molecule has 1 heterocycles. The molecule has 0 radical (unpaired) electrons. The highest BCUT2D eigenvalue weighted by Crippen LogP contribution is 2.28. The molecule has 0 aliphatic rings. The Morgan fingerprint density at radius 1 is 1.50 bits per heavy atom. The van der Waals surface area contributed by atoms with Gasteiger partial charge in [0.05, 0.1) is 6.10 Å². The predicted molar refractivity (Wildman–Crippen MR) is 49.8 cm³/mol. The Morgan fingerprint density at radius 3 is 2.58 bits per heavy atom. The number of aliphatic hydroxyl groups excluding tert-OH is 1. The number of rotatable bonds is 2. The Labute approximate surface area is 73.6 Å². The molecule has 1 rings (SSSR count). The standard InChI is InChI=1S/C10H17NO/c1-10(2,3)7-9(12)8-5-4-6-11-8/h4-6,9,11-12H,7H2,1-3H3. The van der Waals surface area contributed by atoms with Crippen molar-refractivity contribution in [2.75, 3.05) is 0 Å². The fraction of sp³-hybridized carbons (Fsp3) is 0.600. The molecular formula is C10H17NO. The highest BCUT2D eigenvalue weighted by Gasteiger charge is 2.18. The molecule has 2 nitrogen and oxygen atoms in total. The van der Waals surface area contributed by atoms with Crippen LogP contribution in [0.5, 0.6) is 0 Å². The van der Waals surface area contributed by atoms with Crippen molar-refractivity contribution in [3.63, 3.8) is 0 Å². The lowest BCUT2D eigenvalue weighted by Gasteiger charge is -2.21. The zero-order chi connectivity index (χ0) is 9.19. The summed E-state index contributed by atoms with van der Waals surface area (Å²) in [6.07, 6.45) is 2.26. The van der Waals surface area contributed by atoms with Gasteiger partial charge in [-0.25, -0.2) is 0 Å². The maximum Gasteiger partial charge on any atom is 0.0942 e. The lowest BCUT2D eigenvalue weighted by Crippen LogP contribution is -2.11. The van der Waals surface area contributed by atoms with Crippen molar-refractivity contribution in [3.8, 4) is 0 Å². The molecule has 1 aromatic heterocycles. The summed E-state index contributed by atoms with van der Waals surface area (Å²) in [5.41, 5.74) is 1.08. The van der Waals surface area contributed by atoms with Gasteiger partial charge in [-0.2, -0.15) is 0 Å². The molecule has 0 spiro atoms. The molecular weight excluding hydrogens is 150 g/mol. The Balaban J connectivity index is 2.56. The highest BCUT2D eigenvalue weighted by atomic mass is 16.3. The quantitative estimate of drug-likeness (QED) is 0.697. The number of aliphatic hydroxyl groups is 1. The van der Waals surface area contributed by atoms with E-state index >= 15 is 0 Å². The zero-order valence-corrected chi connectivity index (χ0v) is 7.96. The third kappa shape index (κ3) is 2.70. The van der Waals surface area contributed by atoms with Gasteiger partial charge in [0.1, 0.15) is 0 Å². The lowest BCUT2D eigenvalue weighted by molar-refractivity contribution is 0.119. The van der Waals surface area contributed by atoms with Crippen LogP contribution in [-0.4, -0.2) is 10.1 Å². The Morgan fingerprint density at radius 2 is 2.17 bits per heavy atom. The molecule has 0 bridgehead atoms. The van der Waals surface area contributed by atoms with E-state index in [1.165, 1.54) is 0 Å². The number of aromatic nitrogens is 1. The van der Waals surface area contributed by atoms with Gasteiger partial charge in [0.2, 0.25) is 0 Å². The van der Waals surface area contributed by atoms with Gasteiger partial charge in [-0.1, -0.05) is 20.8 Å². The molecule has 1 aromatic rings. The van der Waals surface area contributed by atoms with Crippen molar-refractivity contribution >= 4 is 0 Å². The molecule has 0 saturated heterocycles. The maximum atomic E-state index is 9.71. The van der Waals surface area contributed by atoms with Crippen LogP contribution in [0.15, 0.2) is 18.3 Å². The summed E-state index contributed by atoms with van der Waals surface area (Å²) >= 11 is 0. The van der Waals surface area contributed by atoms with Gasteiger partial charge in [-0.15, -0.1) is 0 Å². The highest BCUT2D eigenvalue weighted by molar-refractivity contribution is 5.07. The smallest absolute Gasteiger partial charge is 0.0942 e. The topological polar surface area (TPSA) is 36.0 Å². The average Bonchev–Trinajstić information content (AvgIpc) is 2.32. The van der Waals surface area contributed by atoms with Crippen LogP contribution >= 0.6 is 0 Å². The van der Waals surface area contributed by atoms with E-state index < -0.39 is 0 Å². The van der Waals surface area contributed by atoms with Gasteiger partial charge in [-0.3, -0.25) is 0 Å². The second-order valence-electron chi connectivity index (χ2n) is 4.41. The third-order valence-corrected chi connectivity index (χ3v) is 1.79. The summed E-state index contributed by atoms with van der Waals surface area (Å²) in [7, 11) is 0. The number of aromatic amines is 1. The zero-order valence-electron chi connectivity index (χ0n) is 7.96. The lowest BCUT2D eigenvalue weighted by atomic mass is 9.88. The van der Waals surface area contributed by atoms with Crippen LogP contribution in [-0.2, 0) is 0 Å². The predicted octanol–water partition coefficient (Wildman–Crippen LogP) is 2.48. The maximum absolute atomic E-state index is 9.71. The van der Waals surface area contributed by atoms with E-state index in [1.807, 2.05) is 18.3 Å². The SMILES string of the molecule is CC(C)(C)CC(O)c1ccc[nH]1. The van der Waals surface area contributed by atoms with Crippen molar-refractivity contribution in [3.05, 3.63) is 24.0 Å².